The molecule has 7 nitrogen and oxygen atoms in total. The number of carbonyl (C=O) groups excluding carboxylic acids is 2. The van der Waals surface area contributed by atoms with E-state index in [-0.39, 0.29) is 29.9 Å². The Labute approximate surface area is 189 Å². The molecule has 34 heavy (non-hydrogen) atoms. The summed E-state index contributed by atoms with van der Waals surface area (Å²) in [5, 5.41) is 0. The summed E-state index contributed by atoms with van der Waals surface area (Å²) in [5.41, 5.74) is -1.42. The average Bonchev–Trinajstić information content (AvgIpc) is 3.38. The van der Waals surface area contributed by atoms with Crippen LogP contribution in [0, 0.1) is 0 Å². The second kappa shape index (κ2) is 7.91. The molecule has 1 aromatic heterocycles. The molecule has 1 aromatic carbocycles. The molecule has 0 N–H and O–H groups in total. The molecule has 0 spiro atoms. The molecule has 3 heterocycles. The minimum absolute atomic E-state index is 0.0119. The Morgan fingerprint density at radius 3 is 2.47 bits per heavy atom. The number of benzene rings is 1. The second-order valence-electron chi connectivity index (χ2n) is 8.01. The Morgan fingerprint density at radius 2 is 1.88 bits per heavy atom. The van der Waals surface area contributed by atoms with Crippen LogP contribution in [-0.4, -0.2) is 58.4 Å². The van der Waals surface area contributed by atoms with Crippen molar-refractivity contribution >= 4 is 11.9 Å². The zero-order chi connectivity index (χ0) is 25.1. The zero-order valence-electron chi connectivity index (χ0n) is 18.0. The number of carbonyl (C=O) groups is 2. The van der Waals surface area contributed by atoms with Gasteiger partial charge >= 0.3 is 18.3 Å². The predicted octanol–water partition coefficient (Wildman–Crippen LogP) is 4.39. The van der Waals surface area contributed by atoms with Gasteiger partial charge in [-0.25, -0.2) is 9.78 Å². The summed E-state index contributed by atoms with van der Waals surface area (Å²) in [6.45, 7) is 1.99. The molecule has 2 aromatic rings. The third-order valence-electron chi connectivity index (χ3n) is 6.23. The van der Waals surface area contributed by atoms with Crippen molar-refractivity contribution in [3.63, 3.8) is 0 Å². The Hall–Kier alpha value is -3.25. The lowest BCUT2D eigenvalue weighted by Gasteiger charge is -2.37. The molecule has 1 amide bonds. The summed E-state index contributed by atoms with van der Waals surface area (Å²) in [7, 11) is 1.41. The van der Waals surface area contributed by atoms with Crippen molar-refractivity contribution in [2.45, 2.75) is 50.2 Å². The fraction of sp³-hybridized carbons (Fsp3) is 0.476. The van der Waals surface area contributed by atoms with E-state index in [0.717, 1.165) is 6.33 Å². The van der Waals surface area contributed by atoms with Crippen LogP contribution in [0.5, 0.6) is 5.75 Å². The number of rotatable bonds is 4. The van der Waals surface area contributed by atoms with Gasteiger partial charge in [-0.1, -0.05) is 6.92 Å². The molecule has 2 aliphatic heterocycles. The Kier molecular flexibility index (Phi) is 5.56. The van der Waals surface area contributed by atoms with Crippen molar-refractivity contribution in [3.05, 3.63) is 41.5 Å². The molecule has 0 radical (unpaired) electrons. The molecular weight excluding hydrogens is 472 g/mol. The van der Waals surface area contributed by atoms with Gasteiger partial charge in [0.25, 0.3) is 12.0 Å². The van der Waals surface area contributed by atoms with Crippen LogP contribution in [0.2, 0.25) is 0 Å². The van der Waals surface area contributed by atoms with E-state index in [4.69, 9.17) is 4.74 Å². The summed E-state index contributed by atoms with van der Waals surface area (Å²) in [4.78, 5) is 31.5. The van der Waals surface area contributed by atoms with E-state index in [1.54, 1.807) is 6.92 Å². The van der Waals surface area contributed by atoms with E-state index in [1.165, 1.54) is 34.8 Å². The van der Waals surface area contributed by atoms with Gasteiger partial charge in [-0.15, -0.1) is 0 Å². The van der Waals surface area contributed by atoms with Crippen LogP contribution in [0.4, 0.5) is 26.3 Å². The molecule has 1 unspecified atom stereocenters. The maximum absolute atomic E-state index is 13.5. The van der Waals surface area contributed by atoms with Crippen molar-refractivity contribution < 1.29 is 45.4 Å². The van der Waals surface area contributed by atoms with Gasteiger partial charge in [0.1, 0.15) is 12.1 Å². The summed E-state index contributed by atoms with van der Waals surface area (Å²) >= 11 is 0. The zero-order valence-corrected chi connectivity index (χ0v) is 18.0. The Balaban J connectivity index is 1.90. The van der Waals surface area contributed by atoms with Gasteiger partial charge in [0.2, 0.25) is 0 Å². The fourth-order valence-corrected chi connectivity index (χ4v) is 4.73. The lowest BCUT2D eigenvalue weighted by Crippen LogP contribution is -2.47. The fourth-order valence-electron chi connectivity index (χ4n) is 4.73. The van der Waals surface area contributed by atoms with Crippen molar-refractivity contribution in [2.24, 2.45) is 0 Å². The highest BCUT2D eigenvalue weighted by atomic mass is 19.4. The van der Waals surface area contributed by atoms with Crippen LogP contribution in [-0.2, 0) is 10.3 Å². The normalized spacial score (nSPS) is 20.0. The highest BCUT2D eigenvalue weighted by molar-refractivity contribution is 6.00. The summed E-state index contributed by atoms with van der Waals surface area (Å²) < 4.78 is 88.5. The van der Waals surface area contributed by atoms with Gasteiger partial charge in [-0.3, -0.25) is 9.36 Å². The maximum Gasteiger partial charge on any atom is 0.434 e. The molecule has 0 aliphatic carbocycles. The molecular formula is C21H19F6N3O4. The van der Waals surface area contributed by atoms with Crippen LogP contribution in [0.25, 0.3) is 5.69 Å². The van der Waals surface area contributed by atoms with Gasteiger partial charge in [0, 0.05) is 6.54 Å². The predicted molar refractivity (Wildman–Crippen MR) is 104 cm³/mol. The number of imidazole rings is 1. The average molecular weight is 491 g/mol. The molecule has 1 atom stereocenters. The third kappa shape index (κ3) is 3.57. The van der Waals surface area contributed by atoms with E-state index < -0.39 is 41.6 Å². The van der Waals surface area contributed by atoms with Crippen molar-refractivity contribution in [3.8, 4) is 11.4 Å². The van der Waals surface area contributed by atoms with Crippen molar-refractivity contribution in [1.29, 1.82) is 0 Å². The number of alkyl halides is 6. The molecule has 184 valence electrons. The quantitative estimate of drug-likeness (QED) is 0.469. The van der Waals surface area contributed by atoms with Crippen LogP contribution in [0.3, 0.4) is 0 Å². The molecule has 4 rings (SSSR count). The summed E-state index contributed by atoms with van der Waals surface area (Å²) in [6, 6.07) is 4.52. The maximum atomic E-state index is 13.5. The van der Waals surface area contributed by atoms with E-state index >= 15 is 0 Å². The van der Waals surface area contributed by atoms with Crippen LogP contribution < -0.4 is 4.74 Å². The van der Waals surface area contributed by atoms with Crippen molar-refractivity contribution in [2.75, 3.05) is 13.7 Å². The number of hydrogen-bond donors (Lipinski definition) is 0. The number of methoxy groups -OCH3 is 1. The number of amides is 1. The van der Waals surface area contributed by atoms with E-state index in [9.17, 15) is 35.9 Å². The molecule has 1 fully saturated rings. The number of fused-ring (bicyclic) bond motifs is 5. The van der Waals surface area contributed by atoms with Gasteiger partial charge in [0.15, 0.2) is 5.69 Å². The summed E-state index contributed by atoms with van der Waals surface area (Å²) in [6.07, 6.45) is -13.9. The van der Waals surface area contributed by atoms with E-state index in [0.29, 0.717) is 18.6 Å². The first-order chi connectivity index (χ1) is 15.8. The first-order valence-electron chi connectivity index (χ1n) is 10.3. The monoisotopic (exact) mass is 491 g/mol. The van der Waals surface area contributed by atoms with Gasteiger partial charge in [0.05, 0.1) is 29.6 Å². The third-order valence-corrected chi connectivity index (χ3v) is 6.23. The smallest absolute Gasteiger partial charge is 0.434 e. The number of hydrogen-bond acceptors (Lipinski definition) is 5. The van der Waals surface area contributed by atoms with Crippen LogP contribution in [0.15, 0.2) is 24.5 Å². The minimum Gasteiger partial charge on any atom is -0.497 e. The first kappa shape index (κ1) is 23.9. The van der Waals surface area contributed by atoms with Crippen molar-refractivity contribution in [1.82, 2.24) is 14.5 Å². The Morgan fingerprint density at radius 1 is 1.21 bits per heavy atom. The first-order valence-corrected chi connectivity index (χ1v) is 10.3. The SMILES string of the molecule is CCC12CCCN1C(=O)c1cc(OC)ccc1-n1cnc(C(=O)OC(C(F)(F)F)C(F)(F)F)c12. The van der Waals surface area contributed by atoms with Crippen LogP contribution >= 0.6 is 0 Å². The van der Waals surface area contributed by atoms with E-state index in [2.05, 4.69) is 9.72 Å². The van der Waals surface area contributed by atoms with Gasteiger partial charge < -0.3 is 14.4 Å². The Bertz CT molecular complexity index is 1130. The largest absolute Gasteiger partial charge is 0.497 e. The number of nitrogens with zero attached hydrogens (tertiary/aromatic N) is 3. The topological polar surface area (TPSA) is 73.7 Å². The highest BCUT2D eigenvalue weighted by Crippen LogP contribution is 2.48. The van der Waals surface area contributed by atoms with Crippen LogP contribution in [0.1, 0.15) is 52.7 Å². The lowest BCUT2D eigenvalue weighted by molar-refractivity contribution is -0.307. The number of ether oxygens (including phenoxy) is 2. The number of esters is 1. The highest BCUT2D eigenvalue weighted by Gasteiger charge is 2.60. The second-order valence-corrected chi connectivity index (χ2v) is 8.01. The number of halogens is 6. The minimum atomic E-state index is -5.87. The lowest BCUT2D eigenvalue weighted by atomic mass is 9.87. The summed E-state index contributed by atoms with van der Waals surface area (Å²) in [5.74, 6) is -1.91. The van der Waals surface area contributed by atoms with Gasteiger partial charge in [-0.2, -0.15) is 26.3 Å². The molecule has 0 bridgehead atoms. The number of aromatic nitrogens is 2. The van der Waals surface area contributed by atoms with E-state index in [1.807, 2.05) is 0 Å². The molecule has 13 heteroatoms. The standard InChI is InChI=1S/C21H19F6N3O4/c1-3-19-7-4-8-30(19)16(31)12-9-11(33-2)5-6-13(12)29-10-28-14(15(19)29)17(32)34-18(20(22,23)24)21(25,26)27/h5-6,9-10,18H,3-4,7-8H2,1-2H3. The van der Waals surface area contributed by atoms with Gasteiger partial charge in [-0.05, 0) is 37.5 Å². The molecule has 2 aliphatic rings. The molecule has 1 saturated heterocycles. The molecule has 0 saturated carbocycles.